The van der Waals surface area contributed by atoms with Gasteiger partial charge in [0, 0.05) is 0 Å². The van der Waals surface area contributed by atoms with Crippen molar-refractivity contribution in [2.24, 2.45) is 0 Å². The third-order valence-corrected chi connectivity index (χ3v) is 23.8. The van der Waals surface area contributed by atoms with E-state index >= 15 is 0 Å². The molecule has 37 heavy (non-hydrogen) atoms. The molecule has 0 N–H and O–H groups in total. The zero-order valence-electron chi connectivity index (χ0n) is 23.7. The maximum absolute atomic E-state index is 13.4. The Kier molecular flexibility index (Phi) is 9.87. The topological polar surface area (TPSA) is 29.5 Å². The maximum atomic E-state index is 13.4. The number of nitrogens with zero attached hydrogens (tertiary/aromatic N) is 1. The first-order valence-corrected chi connectivity index (χ1v) is 22.8. The van der Waals surface area contributed by atoms with E-state index in [2.05, 4.69) is 124 Å². The molecule has 0 spiro atoms. The Morgan fingerprint density at radius 3 is 1.35 bits per heavy atom. The van der Waals surface area contributed by atoms with Crippen LogP contribution in [0.25, 0.3) is 0 Å². The van der Waals surface area contributed by atoms with Gasteiger partial charge in [-0.1, -0.05) is 0 Å². The van der Waals surface area contributed by atoms with Crippen molar-refractivity contribution in [3.63, 3.8) is 0 Å². The van der Waals surface area contributed by atoms with Crippen molar-refractivity contribution in [3.05, 3.63) is 102 Å². The second-order valence-corrected chi connectivity index (χ2v) is 28.6. The number of carbonyl (C=O) groups excluding carboxylic acids is 1. The molecule has 0 heterocycles. The first kappa shape index (κ1) is 29.2. The third-order valence-electron chi connectivity index (χ3n) is 7.03. The van der Waals surface area contributed by atoms with E-state index in [-0.39, 0.29) is 22.1 Å². The van der Waals surface area contributed by atoms with Gasteiger partial charge in [-0.25, -0.2) is 0 Å². The number of benzene rings is 3. The summed E-state index contributed by atoms with van der Waals surface area (Å²) < 4.78 is 10.8. The van der Waals surface area contributed by atoms with Crippen LogP contribution in [-0.2, 0) is 4.74 Å². The van der Waals surface area contributed by atoms with E-state index in [0.717, 1.165) is 5.38 Å². The summed E-state index contributed by atoms with van der Waals surface area (Å²) in [4.78, 5) is 15.3. The fraction of sp³-hybridized carbons (Fsp3) is 0.344. The van der Waals surface area contributed by atoms with E-state index in [1.54, 1.807) is 0 Å². The van der Waals surface area contributed by atoms with E-state index in [4.69, 9.17) is 4.74 Å². The fourth-order valence-corrected chi connectivity index (χ4v) is 21.6. The minimum absolute atomic E-state index is 0.0732. The van der Waals surface area contributed by atoms with Gasteiger partial charge in [-0.3, -0.25) is 0 Å². The van der Waals surface area contributed by atoms with Gasteiger partial charge in [-0.05, 0) is 0 Å². The van der Waals surface area contributed by atoms with Crippen LogP contribution in [0.3, 0.4) is 0 Å². The van der Waals surface area contributed by atoms with E-state index in [1.807, 2.05) is 32.6 Å². The first-order valence-electron chi connectivity index (χ1n) is 13.4. The average Bonchev–Trinajstić information content (AvgIpc) is 2.85. The summed E-state index contributed by atoms with van der Waals surface area (Å²) in [6, 6.07) is 33.2. The number of hydrogen-bond acceptors (Lipinski definition) is 2. The number of allylic oxidation sites excluding steroid dienone is 1. The van der Waals surface area contributed by atoms with Gasteiger partial charge in [0.05, 0.1) is 0 Å². The molecule has 3 rings (SSSR count). The quantitative estimate of drug-likeness (QED) is 0.200. The number of carbonyl (C=O) groups is 1. The van der Waals surface area contributed by atoms with Gasteiger partial charge in [0.15, 0.2) is 0 Å². The Morgan fingerprint density at radius 1 is 0.703 bits per heavy atom. The van der Waals surface area contributed by atoms with Crippen LogP contribution in [0.5, 0.6) is 0 Å². The van der Waals surface area contributed by atoms with Gasteiger partial charge >= 0.3 is 230 Å². The third kappa shape index (κ3) is 6.58. The van der Waals surface area contributed by atoms with Crippen LogP contribution < -0.4 is 10.7 Å². The van der Waals surface area contributed by atoms with Gasteiger partial charge in [0.25, 0.3) is 0 Å². The summed E-state index contributed by atoms with van der Waals surface area (Å²) in [5, 5.41) is 0.875. The van der Waals surface area contributed by atoms with Crippen molar-refractivity contribution in [1.82, 2.24) is 4.90 Å². The van der Waals surface area contributed by atoms with Crippen molar-refractivity contribution >= 4 is 43.3 Å². The predicted molar refractivity (Wildman–Crippen MR) is 163 cm³/mol. The molecule has 196 valence electrons. The van der Waals surface area contributed by atoms with Crippen molar-refractivity contribution in [3.8, 4) is 0 Å². The van der Waals surface area contributed by atoms with Gasteiger partial charge in [-0.2, -0.15) is 0 Å². The predicted octanol–water partition coefficient (Wildman–Crippen LogP) is 6.56. The molecule has 1 atom stereocenters. The van der Waals surface area contributed by atoms with Crippen LogP contribution >= 0.6 is 0 Å². The number of ether oxygens (including phenoxy) is 1. The van der Waals surface area contributed by atoms with Crippen molar-refractivity contribution in [2.75, 3.05) is 0 Å². The summed E-state index contributed by atoms with van der Waals surface area (Å²) in [5.41, 5.74) is 0. The normalized spacial score (nSPS) is 13.5. The summed E-state index contributed by atoms with van der Waals surface area (Å²) in [6.07, 6.45) is 2.08. The number of rotatable bonds is 9. The van der Waals surface area contributed by atoms with Crippen LogP contribution in [0.1, 0.15) is 34.6 Å². The number of hydrogen-bond donors (Lipinski definition) is 0. The molecule has 0 bridgehead atoms. The summed E-state index contributed by atoms with van der Waals surface area (Å²) in [7, 11) is -1.98. The van der Waals surface area contributed by atoms with E-state index in [9.17, 15) is 4.79 Å². The molecule has 0 fully saturated rings. The molecule has 0 saturated carbocycles. The standard InChI is InChI=1S/C14H28NO2Si.3C6H5.Sn/c1-9-10-13(18(6,7)8)17-14(16)15(11(2)3)12(4)5;3*1-2-4-6-5-3-1;/h9-12H,1-8H3;3*1-5H;/b13-10-;;;;. The minimum atomic E-state index is -3.62. The Balaban J connectivity index is 2.25. The molecular formula is C32H43NO2SiSn. The second kappa shape index (κ2) is 12.5. The molecule has 0 unspecified atom stereocenters. The summed E-state index contributed by atoms with van der Waals surface area (Å²) in [5.74, 6) is 0. The monoisotopic (exact) mass is 621 g/mol. The summed E-state index contributed by atoms with van der Waals surface area (Å²) in [6.45, 7) is 17.3. The van der Waals surface area contributed by atoms with Crippen LogP contribution in [0, 0.1) is 0 Å². The van der Waals surface area contributed by atoms with Crippen LogP contribution in [0.4, 0.5) is 4.79 Å². The molecule has 1 amide bonds. The van der Waals surface area contributed by atoms with Crippen molar-refractivity contribution in [2.45, 2.75) is 70.3 Å². The fourth-order valence-electron chi connectivity index (χ4n) is 5.35. The Morgan fingerprint density at radius 2 is 1.05 bits per heavy atom. The Bertz CT molecular complexity index is 1070. The molecule has 3 aromatic carbocycles. The zero-order valence-corrected chi connectivity index (χ0v) is 27.6. The van der Waals surface area contributed by atoms with Gasteiger partial charge < -0.3 is 0 Å². The van der Waals surface area contributed by atoms with E-state index < -0.39 is 26.5 Å². The molecule has 0 radical (unpaired) electrons. The van der Waals surface area contributed by atoms with Crippen LogP contribution in [0.2, 0.25) is 23.6 Å². The van der Waals surface area contributed by atoms with E-state index in [0.29, 0.717) is 0 Å². The molecular weight excluding hydrogens is 577 g/mol. The van der Waals surface area contributed by atoms with E-state index in [1.165, 1.54) is 10.7 Å². The molecule has 0 aliphatic carbocycles. The Hall–Kier alpha value is -2.31. The number of amides is 1. The van der Waals surface area contributed by atoms with Gasteiger partial charge in [0.2, 0.25) is 0 Å². The molecule has 0 saturated heterocycles. The van der Waals surface area contributed by atoms with Crippen molar-refractivity contribution < 1.29 is 9.53 Å². The van der Waals surface area contributed by atoms with Crippen LogP contribution in [0.15, 0.2) is 102 Å². The molecule has 5 heteroatoms. The zero-order chi connectivity index (χ0) is 27.2. The molecule has 0 aliphatic heterocycles. The molecule has 3 nitrogen and oxygen atoms in total. The van der Waals surface area contributed by atoms with Crippen molar-refractivity contribution in [1.29, 1.82) is 0 Å². The Labute approximate surface area is 229 Å². The first-order chi connectivity index (χ1) is 17.5. The van der Waals surface area contributed by atoms with Gasteiger partial charge in [-0.15, -0.1) is 0 Å². The average molecular weight is 620 g/mol. The molecule has 0 aromatic heterocycles. The van der Waals surface area contributed by atoms with Gasteiger partial charge in [0.1, 0.15) is 0 Å². The SMILES string of the molecule is CC(C)N(C(=O)O/C(=C/[C@H](C)[Sn]([c]1ccccc1)([c]1ccccc1)[c]1ccccc1)[Si](C)(C)C)C(C)C. The summed E-state index contributed by atoms with van der Waals surface area (Å²) >= 11 is -3.62. The molecule has 0 aliphatic rings. The molecule has 3 aromatic rings. The second-order valence-electron chi connectivity index (χ2n) is 11.4. The van der Waals surface area contributed by atoms with Crippen LogP contribution in [-0.4, -0.2) is 49.5 Å².